The van der Waals surface area contributed by atoms with Gasteiger partial charge in [0.1, 0.15) is 6.61 Å². The zero-order valence-electron chi connectivity index (χ0n) is 12.9. The van der Waals surface area contributed by atoms with Crippen LogP contribution in [0, 0.1) is 5.92 Å². The minimum absolute atomic E-state index is 0.0693. The minimum atomic E-state index is -0.594. The Bertz CT molecular complexity index is 454. The summed E-state index contributed by atoms with van der Waals surface area (Å²) < 4.78 is 5.42. The van der Waals surface area contributed by atoms with Crippen LogP contribution in [0.4, 0.5) is 4.79 Å². The summed E-state index contributed by atoms with van der Waals surface area (Å²) in [4.78, 5) is 14.1. The van der Waals surface area contributed by atoms with Crippen molar-refractivity contribution in [2.75, 3.05) is 13.2 Å². The summed E-state index contributed by atoms with van der Waals surface area (Å²) in [7, 11) is 0. The number of carbonyl (C=O) groups excluding carboxylic acids is 1. The van der Waals surface area contributed by atoms with Crippen molar-refractivity contribution >= 4 is 6.09 Å². The molecule has 4 heteroatoms. The maximum Gasteiger partial charge on any atom is 0.410 e. The van der Waals surface area contributed by atoms with Gasteiger partial charge < -0.3 is 14.7 Å². The molecule has 1 fully saturated rings. The van der Waals surface area contributed by atoms with Gasteiger partial charge in [-0.1, -0.05) is 36.8 Å². The predicted molar refractivity (Wildman–Crippen MR) is 81.8 cm³/mol. The van der Waals surface area contributed by atoms with Crippen molar-refractivity contribution in [3.05, 3.63) is 35.9 Å². The van der Waals surface area contributed by atoms with Crippen molar-refractivity contribution in [2.24, 2.45) is 5.92 Å². The lowest BCUT2D eigenvalue weighted by Crippen LogP contribution is -2.52. The highest BCUT2D eigenvalue weighted by molar-refractivity contribution is 5.68. The Kier molecular flexibility index (Phi) is 5.23. The van der Waals surface area contributed by atoms with Gasteiger partial charge in [0.2, 0.25) is 0 Å². The standard InChI is InChI=1S/C17H25NO3/c1-17(2,13-19)18(11-14-9-6-10-14)16(20)21-12-15-7-4-3-5-8-15/h3-5,7-8,14,19H,6,9-13H2,1-2H3. The molecule has 0 aromatic heterocycles. The molecular formula is C17H25NO3. The summed E-state index contributed by atoms with van der Waals surface area (Å²) in [6.07, 6.45) is 3.20. The van der Waals surface area contributed by atoms with E-state index in [-0.39, 0.29) is 19.3 Å². The number of aliphatic hydroxyl groups excluding tert-OH is 1. The van der Waals surface area contributed by atoms with Crippen LogP contribution in [0.15, 0.2) is 30.3 Å². The Morgan fingerprint density at radius 1 is 1.33 bits per heavy atom. The lowest BCUT2D eigenvalue weighted by molar-refractivity contribution is 0.0166. The highest BCUT2D eigenvalue weighted by Crippen LogP contribution is 2.30. The van der Waals surface area contributed by atoms with Gasteiger partial charge in [-0.15, -0.1) is 0 Å². The zero-order chi connectivity index (χ0) is 15.3. The summed E-state index contributed by atoms with van der Waals surface area (Å²) in [5.74, 6) is 0.542. The van der Waals surface area contributed by atoms with Crippen LogP contribution in [0.3, 0.4) is 0 Å². The van der Waals surface area contributed by atoms with E-state index in [4.69, 9.17) is 4.74 Å². The molecule has 1 aromatic rings. The molecule has 0 saturated heterocycles. The smallest absolute Gasteiger partial charge is 0.410 e. The number of hydrogen-bond donors (Lipinski definition) is 1. The van der Waals surface area contributed by atoms with Crippen molar-refractivity contribution in [1.82, 2.24) is 4.90 Å². The molecule has 21 heavy (non-hydrogen) atoms. The summed E-state index contributed by atoms with van der Waals surface area (Å²) >= 11 is 0. The van der Waals surface area contributed by atoms with Gasteiger partial charge in [-0.25, -0.2) is 4.79 Å². The van der Waals surface area contributed by atoms with Gasteiger partial charge in [0.25, 0.3) is 0 Å². The van der Waals surface area contributed by atoms with Crippen LogP contribution in [0.25, 0.3) is 0 Å². The van der Waals surface area contributed by atoms with Crippen LogP contribution in [0.5, 0.6) is 0 Å². The largest absolute Gasteiger partial charge is 0.445 e. The van der Waals surface area contributed by atoms with Crippen molar-refractivity contribution < 1.29 is 14.6 Å². The normalized spacial score (nSPS) is 15.4. The molecular weight excluding hydrogens is 266 g/mol. The lowest BCUT2D eigenvalue weighted by Gasteiger charge is -2.40. The fourth-order valence-corrected chi connectivity index (χ4v) is 2.38. The first kappa shape index (κ1) is 15.8. The van der Waals surface area contributed by atoms with Crippen LogP contribution in [0.2, 0.25) is 0 Å². The van der Waals surface area contributed by atoms with E-state index in [0.717, 1.165) is 18.4 Å². The Hall–Kier alpha value is -1.55. The fraction of sp³-hybridized carbons (Fsp3) is 0.588. The number of ether oxygens (including phenoxy) is 1. The maximum absolute atomic E-state index is 12.4. The molecule has 2 rings (SSSR count). The van der Waals surface area contributed by atoms with Gasteiger partial charge in [0.15, 0.2) is 0 Å². The summed E-state index contributed by atoms with van der Waals surface area (Å²) in [6, 6.07) is 9.64. The number of aliphatic hydroxyl groups is 1. The number of benzene rings is 1. The average Bonchev–Trinajstić information content (AvgIpc) is 2.44. The fourth-order valence-electron chi connectivity index (χ4n) is 2.38. The molecule has 1 aliphatic carbocycles. The molecule has 0 atom stereocenters. The van der Waals surface area contributed by atoms with E-state index in [9.17, 15) is 9.90 Å². The van der Waals surface area contributed by atoms with Crippen molar-refractivity contribution in [1.29, 1.82) is 0 Å². The summed E-state index contributed by atoms with van der Waals surface area (Å²) in [5.41, 5.74) is 0.375. The Morgan fingerprint density at radius 3 is 2.52 bits per heavy atom. The second-order valence-electron chi connectivity index (χ2n) is 6.42. The average molecular weight is 291 g/mol. The van der Waals surface area contributed by atoms with Gasteiger partial charge in [-0.2, -0.15) is 0 Å². The number of hydrogen-bond acceptors (Lipinski definition) is 3. The second kappa shape index (κ2) is 6.94. The van der Waals surface area contributed by atoms with Gasteiger partial charge in [-0.05, 0) is 38.2 Å². The molecule has 4 nitrogen and oxygen atoms in total. The van der Waals surface area contributed by atoms with E-state index in [1.54, 1.807) is 4.90 Å². The first-order valence-corrected chi connectivity index (χ1v) is 7.62. The van der Waals surface area contributed by atoms with Crippen LogP contribution >= 0.6 is 0 Å². The highest BCUT2D eigenvalue weighted by Gasteiger charge is 2.34. The monoisotopic (exact) mass is 291 g/mol. The molecule has 0 bridgehead atoms. The highest BCUT2D eigenvalue weighted by atomic mass is 16.6. The summed E-state index contributed by atoms with van der Waals surface area (Å²) in [6.45, 7) is 4.61. The Morgan fingerprint density at radius 2 is 2.00 bits per heavy atom. The quantitative estimate of drug-likeness (QED) is 0.875. The van der Waals surface area contributed by atoms with Crippen LogP contribution in [-0.4, -0.2) is 34.8 Å². The van der Waals surface area contributed by atoms with Gasteiger partial charge in [0, 0.05) is 6.54 Å². The van der Waals surface area contributed by atoms with Gasteiger partial charge >= 0.3 is 6.09 Å². The molecule has 0 aliphatic heterocycles. The first-order chi connectivity index (χ1) is 10.0. The minimum Gasteiger partial charge on any atom is -0.445 e. The second-order valence-corrected chi connectivity index (χ2v) is 6.42. The van der Waals surface area contributed by atoms with Crippen molar-refractivity contribution in [3.63, 3.8) is 0 Å². The van der Waals surface area contributed by atoms with Crippen LogP contribution in [-0.2, 0) is 11.3 Å². The molecule has 0 spiro atoms. The molecule has 1 saturated carbocycles. The van der Waals surface area contributed by atoms with E-state index < -0.39 is 5.54 Å². The maximum atomic E-state index is 12.4. The van der Waals surface area contributed by atoms with E-state index in [2.05, 4.69) is 0 Å². The lowest BCUT2D eigenvalue weighted by atomic mass is 9.84. The summed E-state index contributed by atoms with van der Waals surface area (Å²) in [5, 5.41) is 9.55. The number of nitrogens with zero attached hydrogens (tertiary/aromatic N) is 1. The van der Waals surface area contributed by atoms with E-state index in [1.807, 2.05) is 44.2 Å². The third-order valence-corrected chi connectivity index (χ3v) is 4.21. The molecule has 116 valence electrons. The number of carbonyl (C=O) groups is 1. The zero-order valence-corrected chi connectivity index (χ0v) is 12.9. The first-order valence-electron chi connectivity index (χ1n) is 7.62. The van der Waals surface area contributed by atoms with E-state index in [0.29, 0.717) is 12.5 Å². The molecule has 1 aromatic carbocycles. The molecule has 0 radical (unpaired) electrons. The van der Waals surface area contributed by atoms with Gasteiger partial charge in [0.05, 0.1) is 12.1 Å². The Balaban J connectivity index is 1.96. The molecule has 1 N–H and O–H groups in total. The van der Waals surface area contributed by atoms with Crippen molar-refractivity contribution in [2.45, 2.75) is 45.3 Å². The third kappa shape index (κ3) is 4.21. The van der Waals surface area contributed by atoms with Crippen LogP contribution < -0.4 is 0 Å². The predicted octanol–water partition coefficient (Wildman–Crippen LogP) is 3.20. The molecule has 1 amide bonds. The van der Waals surface area contributed by atoms with E-state index >= 15 is 0 Å². The number of amides is 1. The molecule has 0 unspecified atom stereocenters. The van der Waals surface area contributed by atoms with E-state index in [1.165, 1.54) is 6.42 Å². The molecule has 1 aliphatic rings. The third-order valence-electron chi connectivity index (χ3n) is 4.21. The Labute approximate surface area is 126 Å². The van der Waals surface area contributed by atoms with Gasteiger partial charge in [-0.3, -0.25) is 0 Å². The van der Waals surface area contributed by atoms with Crippen LogP contribution in [0.1, 0.15) is 38.7 Å². The topological polar surface area (TPSA) is 49.8 Å². The SMILES string of the molecule is CC(C)(CO)N(CC1CCC1)C(=O)OCc1ccccc1. The number of rotatable bonds is 6. The molecule has 0 heterocycles. The van der Waals surface area contributed by atoms with Crippen molar-refractivity contribution in [3.8, 4) is 0 Å².